The van der Waals surface area contributed by atoms with Crippen LogP contribution >= 0.6 is 11.6 Å². The van der Waals surface area contributed by atoms with Crippen LogP contribution in [0.4, 0.5) is 0 Å². The van der Waals surface area contributed by atoms with Gasteiger partial charge in [-0.05, 0) is 12.5 Å². The van der Waals surface area contributed by atoms with Crippen molar-refractivity contribution in [3.05, 3.63) is 28.9 Å². The highest BCUT2D eigenvalue weighted by molar-refractivity contribution is 6.35. The van der Waals surface area contributed by atoms with Gasteiger partial charge >= 0.3 is 0 Å². The second-order valence-corrected chi connectivity index (χ2v) is 3.38. The SMILES string of the molecule is COc1c(C)ccc2c(Cl)c[nH]c12. The van der Waals surface area contributed by atoms with Crippen molar-refractivity contribution >= 4 is 22.5 Å². The summed E-state index contributed by atoms with van der Waals surface area (Å²) in [5.41, 5.74) is 2.07. The molecule has 0 spiro atoms. The van der Waals surface area contributed by atoms with Gasteiger partial charge in [0.25, 0.3) is 0 Å². The number of fused-ring (bicyclic) bond motifs is 1. The Bertz CT molecular complexity index is 447. The Morgan fingerprint density at radius 3 is 2.85 bits per heavy atom. The zero-order valence-corrected chi connectivity index (χ0v) is 8.27. The van der Waals surface area contributed by atoms with Gasteiger partial charge in [0.15, 0.2) is 0 Å². The fraction of sp³-hybridized carbons (Fsp3) is 0.200. The van der Waals surface area contributed by atoms with E-state index in [1.807, 2.05) is 19.1 Å². The van der Waals surface area contributed by atoms with Gasteiger partial charge in [0.1, 0.15) is 5.75 Å². The minimum Gasteiger partial charge on any atom is -0.494 e. The molecule has 0 atom stereocenters. The third-order valence-corrected chi connectivity index (χ3v) is 2.47. The lowest BCUT2D eigenvalue weighted by atomic mass is 10.1. The molecule has 0 fully saturated rings. The van der Waals surface area contributed by atoms with E-state index in [4.69, 9.17) is 16.3 Å². The van der Waals surface area contributed by atoms with E-state index >= 15 is 0 Å². The fourth-order valence-corrected chi connectivity index (χ4v) is 1.72. The lowest BCUT2D eigenvalue weighted by Crippen LogP contribution is -1.87. The van der Waals surface area contributed by atoms with E-state index in [-0.39, 0.29) is 0 Å². The monoisotopic (exact) mass is 195 g/mol. The molecule has 2 aromatic rings. The molecule has 1 N–H and O–H groups in total. The molecule has 0 bridgehead atoms. The van der Waals surface area contributed by atoms with Gasteiger partial charge in [-0.3, -0.25) is 0 Å². The summed E-state index contributed by atoms with van der Waals surface area (Å²) >= 11 is 5.97. The number of rotatable bonds is 1. The molecule has 0 aliphatic carbocycles. The van der Waals surface area contributed by atoms with Crippen LogP contribution in [0.2, 0.25) is 5.02 Å². The van der Waals surface area contributed by atoms with E-state index in [0.29, 0.717) is 0 Å². The van der Waals surface area contributed by atoms with Crippen molar-refractivity contribution in [2.75, 3.05) is 7.11 Å². The van der Waals surface area contributed by atoms with Gasteiger partial charge in [-0.25, -0.2) is 0 Å². The summed E-state index contributed by atoms with van der Waals surface area (Å²) in [5, 5.41) is 1.73. The van der Waals surface area contributed by atoms with Crippen molar-refractivity contribution < 1.29 is 4.74 Å². The van der Waals surface area contributed by atoms with E-state index in [1.54, 1.807) is 13.3 Å². The van der Waals surface area contributed by atoms with Gasteiger partial charge in [-0.2, -0.15) is 0 Å². The van der Waals surface area contributed by atoms with Gasteiger partial charge in [0, 0.05) is 11.6 Å². The number of aryl methyl sites for hydroxylation is 1. The molecule has 0 aliphatic heterocycles. The predicted molar refractivity (Wildman–Crippen MR) is 54.6 cm³/mol. The topological polar surface area (TPSA) is 25.0 Å². The summed E-state index contributed by atoms with van der Waals surface area (Å²) in [5.74, 6) is 0.865. The van der Waals surface area contributed by atoms with E-state index in [2.05, 4.69) is 4.98 Å². The van der Waals surface area contributed by atoms with Crippen molar-refractivity contribution in [2.24, 2.45) is 0 Å². The zero-order valence-electron chi connectivity index (χ0n) is 7.52. The van der Waals surface area contributed by atoms with Crippen LogP contribution in [-0.4, -0.2) is 12.1 Å². The van der Waals surface area contributed by atoms with E-state index in [9.17, 15) is 0 Å². The van der Waals surface area contributed by atoms with Crippen molar-refractivity contribution in [3.63, 3.8) is 0 Å². The molecule has 13 heavy (non-hydrogen) atoms. The molecule has 0 unspecified atom stereocenters. The Morgan fingerprint density at radius 2 is 2.15 bits per heavy atom. The highest BCUT2D eigenvalue weighted by Gasteiger charge is 2.08. The molecule has 1 heterocycles. The first-order valence-electron chi connectivity index (χ1n) is 4.04. The molecule has 0 amide bonds. The fourth-order valence-electron chi connectivity index (χ4n) is 1.51. The minimum atomic E-state index is 0.730. The maximum absolute atomic E-state index is 5.97. The highest BCUT2D eigenvalue weighted by atomic mass is 35.5. The Morgan fingerprint density at radius 1 is 1.38 bits per heavy atom. The molecule has 2 rings (SSSR count). The average molecular weight is 196 g/mol. The van der Waals surface area contributed by atoms with Gasteiger partial charge in [-0.15, -0.1) is 0 Å². The highest BCUT2D eigenvalue weighted by Crippen LogP contribution is 2.32. The number of H-pyrrole nitrogens is 1. The van der Waals surface area contributed by atoms with Gasteiger partial charge in [-0.1, -0.05) is 23.7 Å². The molecule has 0 aliphatic rings. The molecule has 1 aromatic carbocycles. The molecule has 0 saturated carbocycles. The maximum Gasteiger partial charge on any atom is 0.145 e. The number of hydrogen-bond acceptors (Lipinski definition) is 1. The summed E-state index contributed by atoms with van der Waals surface area (Å²) in [6.07, 6.45) is 1.77. The second-order valence-electron chi connectivity index (χ2n) is 2.97. The van der Waals surface area contributed by atoms with Crippen LogP contribution in [0.15, 0.2) is 18.3 Å². The number of aromatic nitrogens is 1. The van der Waals surface area contributed by atoms with Crippen LogP contribution in [0.5, 0.6) is 5.75 Å². The van der Waals surface area contributed by atoms with E-state index in [1.165, 1.54) is 0 Å². The molecular weight excluding hydrogens is 186 g/mol. The largest absolute Gasteiger partial charge is 0.494 e. The lowest BCUT2D eigenvalue weighted by molar-refractivity contribution is 0.416. The molecule has 0 radical (unpaired) electrons. The second kappa shape index (κ2) is 2.96. The normalized spacial score (nSPS) is 10.7. The van der Waals surface area contributed by atoms with Crippen molar-refractivity contribution in [1.82, 2.24) is 4.98 Å². The van der Waals surface area contributed by atoms with Crippen LogP contribution in [-0.2, 0) is 0 Å². The average Bonchev–Trinajstić information content (AvgIpc) is 2.48. The smallest absolute Gasteiger partial charge is 0.145 e. The third kappa shape index (κ3) is 1.18. The number of methoxy groups -OCH3 is 1. The Kier molecular flexibility index (Phi) is 1.93. The molecular formula is C10H10ClNO. The van der Waals surface area contributed by atoms with Gasteiger partial charge in [0.05, 0.1) is 17.6 Å². The third-order valence-electron chi connectivity index (χ3n) is 2.16. The number of hydrogen-bond donors (Lipinski definition) is 1. The Hall–Kier alpha value is -1.15. The van der Waals surface area contributed by atoms with Crippen LogP contribution in [0.1, 0.15) is 5.56 Å². The minimum absolute atomic E-state index is 0.730. The quantitative estimate of drug-likeness (QED) is 0.743. The van der Waals surface area contributed by atoms with E-state index < -0.39 is 0 Å². The zero-order chi connectivity index (χ0) is 9.42. The first-order valence-corrected chi connectivity index (χ1v) is 4.42. The number of ether oxygens (including phenoxy) is 1. The van der Waals surface area contributed by atoms with Crippen molar-refractivity contribution in [3.8, 4) is 5.75 Å². The molecule has 1 aromatic heterocycles. The summed E-state index contributed by atoms with van der Waals surface area (Å²) in [4.78, 5) is 3.09. The molecule has 3 heteroatoms. The van der Waals surface area contributed by atoms with Crippen molar-refractivity contribution in [1.29, 1.82) is 0 Å². The molecule has 68 valence electrons. The number of benzene rings is 1. The summed E-state index contributed by atoms with van der Waals surface area (Å²) in [6, 6.07) is 3.99. The predicted octanol–water partition coefficient (Wildman–Crippen LogP) is 3.14. The summed E-state index contributed by atoms with van der Waals surface area (Å²) in [6.45, 7) is 2.01. The van der Waals surface area contributed by atoms with Crippen molar-refractivity contribution in [2.45, 2.75) is 6.92 Å². The summed E-state index contributed by atoms with van der Waals surface area (Å²) < 4.78 is 5.28. The van der Waals surface area contributed by atoms with Crippen LogP contribution in [0.25, 0.3) is 10.9 Å². The van der Waals surface area contributed by atoms with Crippen LogP contribution in [0, 0.1) is 6.92 Å². The van der Waals surface area contributed by atoms with Crippen LogP contribution < -0.4 is 4.74 Å². The first kappa shape index (κ1) is 8.45. The standard InChI is InChI=1S/C10H10ClNO/c1-6-3-4-7-8(11)5-12-9(7)10(6)13-2/h3-5,12H,1-2H3. The van der Waals surface area contributed by atoms with Gasteiger partial charge < -0.3 is 9.72 Å². The lowest BCUT2D eigenvalue weighted by Gasteiger charge is -2.05. The molecule has 2 nitrogen and oxygen atoms in total. The Balaban J connectivity index is 2.85. The number of nitrogens with one attached hydrogen (secondary N) is 1. The van der Waals surface area contributed by atoms with Crippen LogP contribution in [0.3, 0.4) is 0 Å². The Labute approximate surface area is 81.5 Å². The van der Waals surface area contributed by atoms with Gasteiger partial charge in [0.2, 0.25) is 0 Å². The maximum atomic E-state index is 5.97. The van der Waals surface area contributed by atoms with E-state index in [0.717, 1.165) is 27.2 Å². The summed E-state index contributed by atoms with van der Waals surface area (Å²) in [7, 11) is 1.66. The number of aromatic amines is 1. The first-order chi connectivity index (χ1) is 6.24. The number of halogens is 1. The molecule has 0 saturated heterocycles.